The third kappa shape index (κ3) is 2.91. The standard InChI is InChI=1S/C16H24N2O/c1-4-12-6-8-15(11(12)3)18-16(19)13-9-10(2)5-7-14(13)17/h5,7,9,11-12,15H,4,6,8,17H2,1-3H3,(H,18,19). The number of carbonyl (C=O) groups is 1. The first kappa shape index (κ1) is 13.9. The van der Waals surface area contributed by atoms with Gasteiger partial charge in [0.1, 0.15) is 0 Å². The van der Waals surface area contributed by atoms with Crippen molar-refractivity contribution in [3.05, 3.63) is 29.3 Å². The fraction of sp³-hybridized carbons (Fsp3) is 0.562. The first-order valence-corrected chi connectivity index (χ1v) is 7.20. The minimum atomic E-state index is -0.0326. The molecule has 3 atom stereocenters. The minimum absolute atomic E-state index is 0.0326. The predicted molar refractivity (Wildman–Crippen MR) is 79.0 cm³/mol. The summed E-state index contributed by atoms with van der Waals surface area (Å²) >= 11 is 0. The molecule has 1 aromatic carbocycles. The zero-order chi connectivity index (χ0) is 14.0. The van der Waals surface area contributed by atoms with Crippen LogP contribution >= 0.6 is 0 Å². The molecule has 0 bridgehead atoms. The topological polar surface area (TPSA) is 55.1 Å². The Balaban J connectivity index is 2.07. The normalized spacial score (nSPS) is 26.4. The molecule has 1 fully saturated rings. The maximum absolute atomic E-state index is 12.3. The second-order valence-corrected chi connectivity index (χ2v) is 5.78. The van der Waals surface area contributed by atoms with Crippen molar-refractivity contribution in [1.82, 2.24) is 5.32 Å². The molecular formula is C16H24N2O. The van der Waals surface area contributed by atoms with Crippen LogP contribution in [0.25, 0.3) is 0 Å². The van der Waals surface area contributed by atoms with Gasteiger partial charge < -0.3 is 11.1 Å². The maximum Gasteiger partial charge on any atom is 0.253 e. The molecule has 0 radical (unpaired) electrons. The lowest BCUT2D eigenvalue weighted by Gasteiger charge is -2.21. The highest BCUT2D eigenvalue weighted by atomic mass is 16.1. The molecule has 1 aromatic rings. The van der Waals surface area contributed by atoms with E-state index >= 15 is 0 Å². The Labute approximate surface area is 115 Å². The van der Waals surface area contributed by atoms with Crippen LogP contribution in [0.3, 0.4) is 0 Å². The Morgan fingerprint density at radius 3 is 2.79 bits per heavy atom. The number of anilines is 1. The molecule has 2 rings (SSSR count). The van der Waals surface area contributed by atoms with E-state index in [1.165, 1.54) is 12.8 Å². The minimum Gasteiger partial charge on any atom is -0.398 e. The van der Waals surface area contributed by atoms with Gasteiger partial charge in [0.15, 0.2) is 0 Å². The summed E-state index contributed by atoms with van der Waals surface area (Å²) < 4.78 is 0. The zero-order valence-corrected chi connectivity index (χ0v) is 12.1. The van der Waals surface area contributed by atoms with E-state index in [1.54, 1.807) is 6.07 Å². The van der Waals surface area contributed by atoms with Crippen LogP contribution in [0.4, 0.5) is 5.69 Å². The molecular weight excluding hydrogens is 236 g/mol. The smallest absolute Gasteiger partial charge is 0.253 e. The zero-order valence-electron chi connectivity index (χ0n) is 12.1. The molecule has 0 aliphatic heterocycles. The quantitative estimate of drug-likeness (QED) is 0.820. The number of nitrogens with two attached hydrogens (primary N) is 1. The monoisotopic (exact) mass is 260 g/mol. The van der Waals surface area contributed by atoms with Gasteiger partial charge >= 0.3 is 0 Å². The summed E-state index contributed by atoms with van der Waals surface area (Å²) in [5.41, 5.74) is 8.11. The molecule has 0 heterocycles. The van der Waals surface area contributed by atoms with Gasteiger partial charge in [-0.05, 0) is 43.7 Å². The molecule has 1 amide bonds. The van der Waals surface area contributed by atoms with Gasteiger partial charge in [-0.15, -0.1) is 0 Å². The van der Waals surface area contributed by atoms with Crippen LogP contribution in [-0.4, -0.2) is 11.9 Å². The van der Waals surface area contributed by atoms with Gasteiger partial charge in [0.2, 0.25) is 0 Å². The lowest BCUT2D eigenvalue weighted by atomic mass is 9.93. The Hall–Kier alpha value is -1.51. The number of nitrogens with one attached hydrogen (secondary N) is 1. The van der Waals surface area contributed by atoms with Gasteiger partial charge in [0.25, 0.3) is 5.91 Å². The first-order valence-electron chi connectivity index (χ1n) is 7.20. The first-order chi connectivity index (χ1) is 9.02. The second kappa shape index (κ2) is 5.64. The fourth-order valence-electron chi connectivity index (χ4n) is 3.14. The number of rotatable bonds is 3. The van der Waals surface area contributed by atoms with Crippen molar-refractivity contribution < 1.29 is 4.79 Å². The van der Waals surface area contributed by atoms with Crippen molar-refractivity contribution in [1.29, 1.82) is 0 Å². The van der Waals surface area contributed by atoms with Gasteiger partial charge in [-0.25, -0.2) is 0 Å². The predicted octanol–water partition coefficient (Wildman–Crippen LogP) is 3.13. The summed E-state index contributed by atoms with van der Waals surface area (Å²) in [5.74, 6) is 1.26. The highest BCUT2D eigenvalue weighted by molar-refractivity contribution is 5.99. The molecule has 3 unspecified atom stereocenters. The highest BCUT2D eigenvalue weighted by Crippen LogP contribution is 2.34. The summed E-state index contributed by atoms with van der Waals surface area (Å²) in [6.07, 6.45) is 3.49. The van der Waals surface area contributed by atoms with Crippen LogP contribution in [0.1, 0.15) is 49.0 Å². The number of carbonyl (C=O) groups excluding carboxylic acids is 1. The van der Waals surface area contributed by atoms with E-state index in [4.69, 9.17) is 5.73 Å². The molecule has 3 heteroatoms. The van der Waals surface area contributed by atoms with Gasteiger partial charge in [0, 0.05) is 11.7 Å². The molecule has 1 aliphatic rings. The van der Waals surface area contributed by atoms with E-state index in [-0.39, 0.29) is 11.9 Å². The number of hydrogen-bond donors (Lipinski definition) is 2. The largest absolute Gasteiger partial charge is 0.398 e. The van der Waals surface area contributed by atoms with Crippen molar-refractivity contribution in [2.75, 3.05) is 5.73 Å². The van der Waals surface area contributed by atoms with Crippen molar-refractivity contribution in [2.24, 2.45) is 11.8 Å². The summed E-state index contributed by atoms with van der Waals surface area (Å²) in [6.45, 7) is 6.44. The van der Waals surface area contributed by atoms with E-state index < -0.39 is 0 Å². The van der Waals surface area contributed by atoms with Crippen LogP contribution in [0.2, 0.25) is 0 Å². The number of nitrogen functional groups attached to an aromatic ring is 1. The van der Waals surface area contributed by atoms with Gasteiger partial charge in [-0.2, -0.15) is 0 Å². The van der Waals surface area contributed by atoms with Crippen LogP contribution in [-0.2, 0) is 0 Å². The summed E-state index contributed by atoms with van der Waals surface area (Å²) in [7, 11) is 0. The van der Waals surface area contributed by atoms with Crippen LogP contribution in [0.15, 0.2) is 18.2 Å². The Kier molecular flexibility index (Phi) is 4.13. The number of hydrogen-bond acceptors (Lipinski definition) is 2. The van der Waals surface area contributed by atoms with E-state index in [0.717, 1.165) is 17.9 Å². The average Bonchev–Trinajstić information content (AvgIpc) is 2.73. The van der Waals surface area contributed by atoms with Gasteiger partial charge in [-0.3, -0.25) is 4.79 Å². The third-order valence-electron chi connectivity index (χ3n) is 4.52. The summed E-state index contributed by atoms with van der Waals surface area (Å²) in [4.78, 5) is 12.3. The lowest BCUT2D eigenvalue weighted by molar-refractivity contribution is 0.0927. The number of benzene rings is 1. The summed E-state index contributed by atoms with van der Waals surface area (Å²) in [6, 6.07) is 5.88. The molecule has 0 spiro atoms. The highest BCUT2D eigenvalue weighted by Gasteiger charge is 2.32. The van der Waals surface area contributed by atoms with E-state index in [0.29, 0.717) is 17.2 Å². The molecule has 3 nitrogen and oxygen atoms in total. The molecule has 1 aliphatic carbocycles. The van der Waals surface area contributed by atoms with E-state index in [1.807, 2.05) is 19.1 Å². The Bertz CT molecular complexity index is 470. The average molecular weight is 260 g/mol. The molecule has 0 saturated heterocycles. The van der Waals surface area contributed by atoms with Gasteiger partial charge in [-0.1, -0.05) is 31.9 Å². The number of amides is 1. The summed E-state index contributed by atoms with van der Waals surface area (Å²) in [5, 5.41) is 3.16. The molecule has 104 valence electrons. The number of aryl methyl sites for hydroxylation is 1. The second-order valence-electron chi connectivity index (χ2n) is 5.78. The molecule has 1 saturated carbocycles. The molecule has 19 heavy (non-hydrogen) atoms. The van der Waals surface area contributed by atoms with Crippen molar-refractivity contribution in [2.45, 2.75) is 46.1 Å². The van der Waals surface area contributed by atoms with Crippen LogP contribution < -0.4 is 11.1 Å². The third-order valence-corrected chi connectivity index (χ3v) is 4.52. The van der Waals surface area contributed by atoms with Crippen LogP contribution in [0.5, 0.6) is 0 Å². The van der Waals surface area contributed by atoms with Crippen molar-refractivity contribution >= 4 is 11.6 Å². The van der Waals surface area contributed by atoms with Crippen molar-refractivity contribution in [3.8, 4) is 0 Å². The van der Waals surface area contributed by atoms with E-state index in [2.05, 4.69) is 19.2 Å². The molecule has 3 N–H and O–H groups in total. The lowest BCUT2D eigenvalue weighted by Crippen LogP contribution is -2.37. The van der Waals surface area contributed by atoms with Gasteiger partial charge in [0.05, 0.1) is 5.56 Å². The maximum atomic E-state index is 12.3. The Morgan fingerprint density at radius 2 is 2.16 bits per heavy atom. The van der Waals surface area contributed by atoms with Crippen molar-refractivity contribution in [3.63, 3.8) is 0 Å². The molecule has 0 aromatic heterocycles. The van der Waals surface area contributed by atoms with Crippen LogP contribution in [0, 0.1) is 18.8 Å². The SMILES string of the molecule is CCC1CCC(NC(=O)c2cc(C)ccc2N)C1C. The Morgan fingerprint density at radius 1 is 1.42 bits per heavy atom. The fourth-order valence-corrected chi connectivity index (χ4v) is 3.14. The van der Waals surface area contributed by atoms with E-state index in [9.17, 15) is 4.79 Å².